The number of carbonyl (C=O) groups is 1. The second-order valence-electron chi connectivity index (χ2n) is 9.27. The molecule has 0 saturated carbocycles. The number of furan rings is 1. The van der Waals surface area contributed by atoms with E-state index in [1.165, 1.54) is 20.2 Å². The molecule has 8 heteroatoms. The molecule has 0 unspecified atom stereocenters. The van der Waals surface area contributed by atoms with Gasteiger partial charge in [-0.25, -0.2) is 14.4 Å². The molecule has 180 valence electrons. The number of hydrogen-bond acceptors (Lipinski definition) is 6. The summed E-state index contributed by atoms with van der Waals surface area (Å²) >= 11 is 0. The van der Waals surface area contributed by atoms with E-state index in [0.29, 0.717) is 47.9 Å². The Morgan fingerprint density at radius 3 is 2.66 bits per heavy atom. The van der Waals surface area contributed by atoms with Gasteiger partial charge in [0.2, 0.25) is 0 Å². The van der Waals surface area contributed by atoms with Gasteiger partial charge in [-0.05, 0) is 39.0 Å². The van der Waals surface area contributed by atoms with Crippen molar-refractivity contribution in [2.75, 3.05) is 19.8 Å². The first kappa shape index (κ1) is 23.1. The molecule has 1 saturated heterocycles. The molecule has 1 N–H and O–H groups in total. The monoisotopic (exact) mass is 475 g/mol. The van der Waals surface area contributed by atoms with Gasteiger partial charge in [0, 0.05) is 34.9 Å². The Bertz CT molecular complexity index is 1390. The minimum Gasteiger partial charge on any atom is -0.452 e. The number of morpholine rings is 1. The van der Waals surface area contributed by atoms with E-state index in [-0.39, 0.29) is 23.1 Å². The van der Waals surface area contributed by atoms with Crippen LogP contribution in [0.4, 0.5) is 4.39 Å². The fourth-order valence-corrected chi connectivity index (χ4v) is 4.35. The summed E-state index contributed by atoms with van der Waals surface area (Å²) in [5, 5.41) is 10.3. The van der Waals surface area contributed by atoms with Gasteiger partial charge < -0.3 is 19.2 Å². The Labute approximate surface area is 202 Å². The Balaban J connectivity index is 1.49. The minimum atomic E-state index is -1.35. The lowest BCUT2D eigenvalue weighted by Gasteiger charge is -2.33. The van der Waals surface area contributed by atoms with Crippen molar-refractivity contribution in [3.8, 4) is 22.6 Å². The predicted octanol–water partition coefficient (Wildman–Crippen LogP) is 4.78. The third-order valence-corrected chi connectivity index (χ3v) is 6.27. The number of amides is 1. The molecule has 35 heavy (non-hydrogen) atoms. The zero-order valence-corrected chi connectivity index (χ0v) is 19.8. The van der Waals surface area contributed by atoms with Crippen molar-refractivity contribution >= 4 is 17.0 Å². The zero-order chi connectivity index (χ0) is 24.7. The maximum absolute atomic E-state index is 15.3. The van der Waals surface area contributed by atoms with Gasteiger partial charge >= 0.3 is 0 Å². The lowest BCUT2D eigenvalue weighted by atomic mass is 9.94. The van der Waals surface area contributed by atoms with Crippen molar-refractivity contribution in [1.29, 1.82) is 0 Å². The minimum absolute atomic E-state index is 0.0265. The summed E-state index contributed by atoms with van der Waals surface area (Å²) in [6, 6.07) is 13.8. The highest BCUT2D eigenvalue weighted by Gasteiger charge is 2.26. The summed E-state index contributed by atoms with van der Waals surface area (Å²) in [6.07, 6.45) is 1.36. The van der Waals surface area contributed by atoms with Crippen LogP contribution in [-0.4, -0.2) is 51.7 Å². The van der Waals surface area contributed by atoms with E-state index in [1.54, 1.807) is 36.4 Å². The summed E-state index contributed by atoms with van der Waals surface area (Å²) in [7, 11) is 0. The van der Waals surface area contributed by atoms with Crippen LogP contribution in [0.3, 0.4) is 0 Å². The third kappa shape index (κ3) is 4.31. The van der Waals surface area contributed by atoms with E-state index in [2.05, 4.69) is 9.97 Å². The fraction of sp³-hybridized carbons (Fsp3) is 0.296. The van der Waals surface area contributed by atoms with E-state index in [9.17, 15) is 9.90 Å². The first-order chi connectivity index (χ1) is 16.7. The van der Waals surface area contributed by atoms with Crippen LogP contribution in [-0.2, 0) is 10.3 Å². The molecule has 2 aromatic heterocycles. The Kier molecular flexibility index (Phi) is 5.86. The number of hydrogen-bond donors (Lipinski definition) is 1. The number of fused-ring (bicyclic) bond motifs is 1. The van der Waals surface area contributed by atoms with Gasteiger partial charge in [-0.15, -0.1) is 0 Å². The summed E-state index contributed by atoms with van der Waals surface area (Å²) in [5.41, 5.74) is 1.56. The average molecular weight is 476 g/mol. The van der Waals surface area contributed by atoms with Crippen LogP contribution in [0.1, 0.15) is 36.7 Å². The number of rotatable bonds is 4. The molecule has 1 atom stereocenters. The lowest BCUT2D eigenvalue weighted by Crippen LogP contribution is -2.47. The topological polar surface area (TPSA) is 88.7 Å². The molecule has 1 aliphatic rings. The zero-order valence-electron chi connectivity index (χ0n) is 19.8. The van der Waals surface area contributed by atoms with Crippen LogP contribution in [0.2, 0.25) is 0 Å². The number of aliphatic hydroxyl groups is 1. The number of halogens is 1. The van der Waals surface area contributed by atoms with Crippen LogP contribution in [0.15, 0.2) is 59.3 Å². The SMILES string of the molecule is C[C@@H]1COCCN1C(=O)c1ccc(-c2cc3ncnc(-c4cccc(C(C)(C)O)c4F)c3o2)cc1. The van der Waals surface area contributed by atoms with Crippen molar-refractivity contribution in [2.24, 2.45) is 0 Å². The fourth-order valence-electron chi connectivity index (χ4n) is 4.35. The molecule has 3 heterocycles. The molecule has 0 aliphatic carbocycles. The molecule has 5 rings (SSSR count). The maximum Gasteiger partial charge on any atom is 0.254 e. The van der Waals surface area contributed by atoms with Gasteiger partial charge in [0.25, 0.3) is 5.91 Å². The Hall–Kier alpha value is -3.62. The van der Waals surface area contributed by atoms with Gasteiger partial charge in [-0.2, -0.15) is 0 Å². The number of benzene rings is 2. The molecule has 4 aromatic rings. The van der Waals surface area contributed by atoms with Crippen LogP contribution >= 0.6 is 0 Å². The molecule has 1 aliphatic heterocycles. The molecule has 0 bridgehead atoms. The van der Waals surface area contributed by atoms with E-state index >= 15 is 4.39 Å². The Morgan fingerprint density at radius 1 is 1.17 bits per heavy atom. The number of carbonyl (C=O) groups excluding carboxylic acids is 1. The van der Waals surface area contributed by atoms with Gasteiger partial charge in [-0.3, -0.25) is 4.79 Å². The maximum atomic E-state index is 15.3. The largest absolute Gasteiger partial charge is 0.452 e. The second kappa shape index (κ2) is 8.87. The van der Waals surface area contributed by atoms with Crippen molar-refractivity contribution in [1.82, 2.24) is 14.9 Å². The van der Waals surface area contributed by atoms with E-state index in [0.717, 1.165) is 5.56 Å². The van der Waals surface area contributed by atoms with Crippen molar-refractivity contribution < 1.29 is 23.4 Å². The third-order valence-electron chi connectivity index (χ3n) is 6.27. The quantitative estimate of drug-likeness (QED) is 0.457. The van der Waals surface area contributed by atoms with Crippen molar-refractivity contribution in [3.05, 3.63) is 71.8 Å². The molecular formula is C27H26FN3O4. The number of aromatic nitrogens is 2. The van der Waals surface area contributed by atoms with Crippen molar-refractivity contribution in [3.63, 3.8) is 0 Å². The van der Waals surface area contributed by atoms with Crippen LogP contribution in [0, 0.1) is 5.82 Å². The standard InChI is InChI=1S/C27H26FN3O4/c1-16-14-34-12-11-31(16)26(32)18-9-7-17(8-10-18)22-13-21-25(35-22)24(30-15-29-21)19-5-4-6-20(23(19)28)27(2,3)33/h4-10,13,15-16,33H,11-12,14H2,1-3H3/t16-/m1/s1. The molecule has 0 spiro atoms. The number of ether oxygens (including phenoxy) is 1. The van der Waals surface area contributed by atoms with Crippen LogP contribution in [0.5, 0.6) is 0 Å². The first-order valence-electron chi connectivity index (χ1n) is 11.5. The van der Waals surface area contributed by atoms with Crippen LogP contribution in [0.25, 0.3) is 33.7 Å². The Morgan fingerprint density at radius 2 is 1.94 bits per heavy atom. The van der Waals surface area contributed by atoms with Gasteiger partial charge in [-0.1, -0.05) is 24.3 Å². The smallest absolute Gasteiger partial charge is 0.254 e. The average Bonchev–Trinajstić information content (AvgIpc) is 3.28. The molecule has 1 fully saturated rings. The lowest BCUT2D eigenvalue weighted by molar-refractivity contribution is 0.00359. The van der Waals surface area contributed by atoms with Gasteiger partial charge in [0.05, 0.1) is 24.9 Å². The highest BCUT2D eigenvalue weighted by atomic mass is 19.1. The second-order valence-corrected chi connectivity index (χ2v) is 9.27. The molecule has 1 amide bonds. The number of nitrogens with zero attached hydrogens (tertiary/aromatic N) is 3. The van der Waals surface area contributed by atoms with Crippen molar-refractivity contribution in [2.45, 2.75) is 32.4 Å². The van der Waals surface area contributed by atoms with E-state index in [4.69, 9.17) is 9.15 Å². The van der Waals surface area contributed by atoms with Crippen LogP contribution < -0.4 is 0 Å². The summed E-state index contributed by atoms with van der Waals surface area (Å²) in [5.74, 6) is -0.0648. The predicted molar refractivity (Wildman–Crippen MR) is 129 cm³/mol. The molecule has 0 radical (unpaired) electrons. The summed E-state index contributed by atoms with van der Waals surface area (Å²) in [4.78, 5) is 23.3. The van der Waals surface area contributed by atoms with E-state index in [1.807, 2.05) is 24.0 Å². The van der Waals surface area contributed by atoms with E-state index < -0.39 is 11.4 Å². The normalized spacial score (nSPS) is 16.6. The van der Waals surface area contributed by atoms with Gasteiger partial charge in [0.15, 0.2) is 5.58 Å². The highest BCUT2D eigenvalue weighted by molar-refractivity contribution is 5.95. The molecule has 7 nitrogen and oxygen atoms in total. The highest BCUT2D eigenvalue weighted by Crippen LogP contribution is 2.36. The first-order valence-corrected chi connectivity index (χ1v) is 11.5. The summed E-state index contributed by atoms with van der Waals surface area (Å²) in [6.45, 7) is 6.67. The molecule has 2 aromatic carbocycles. The van der Waals surface area contributed by atoms with Gasteiger partial charge in [0.1, 0.15) is 29.1 Å². The summed E-state index contributed by atoms with van der Waals surface area (Å²) < 4.78 is 26.8. The molecular weight excluding hydrogens is 449 g/mol.